The van der Waals surface area contributed by atoms with Crippen LogP contribution in [0.25, 0.3) is 0 Å². The van der Waals surface area contributed by atoms with Crippen molar-refractivity contribution in [1.82, 2.24) is 15.5 Å². The normalized spacial score (nSPS) is 12.7. The van der Waals surface area contributed by atoms with E-state index in [2.05, 4.69) is 25.6 Å². The quantitative estimate of drug-likeness (QED) is 0.703. The second kappa shape index (κ2) is 8.64. The molecule has 0 fully saturated rings. The Labute approximate surface area is 151 Å². The molecule has 0 radical (unpaired) electrons. The van der Waals surface area contributed by atoms with Gasteiger partial charge in [0.15, 0.2) is 5.69 Å². The Morgan fingerprint density at radius 3 is 2.76 bits per heavy atom. The number of carbonyl (C=O) groups excluding carboxylic acids is 2. The van der Waals surface area contributed by atoms with E-state index in [-0.39, 0.29) is 24.3 Å². The zero-order valence-electron chi connectivity index (χ0n) is 13.9. The molecule has 0 unspecified atom stereocenters. The Kier molecular flexibility index (Phi) is 6.55. The number of anilines is 1. The number of hydrogen-bond donors (Lipinski definition) is 3. The maximum atomic E-state index is 12.4. The average molecular weight is 365 g/mol. The molecule has 3 N–H and O–H groups in total. The third-order valence-electron chi connectivity index (χ3n) is 4.08. The van der Waals surface area contributed by atoms with Crippen molar-refractivity contribution in [3.63, 3.8) is 0 Å². The Hall–Kier alpha value is -2.38. The number of amides is 1. The summed E-state index contributed by atoms with van der Waals surface area (Å²) < 4.78 is 4.62. The zero-order chi connectivity index (χ0) is 16.9. The van der Waals surface area contributed by atoms with Crippen molar-refractivity contribution in [2.45, 2.75) is 25.8 Å². The molecule has 0 spiro atoms. The number of methoxy groups -OCH3 is 1. The lowest BCUT2D eigenvalue weighted by Gasteiger charge is -2.13. The Balaban J connectivity index is 0.00000225. The molecule has 1 amide bonds. The predicted octanol–water partition coefficient (Wildman–Crippen LogP) is 1.84. The van der Waals surface area contributed by atoms with E-state index >= 15 is 0 Å². The van der Waals surface area contributed by atoms with E-state index in [1.54, 1.807) is 0 Å². The van der Waals surface area contributed by atoms with Gasteiger partial charge in [-0.25, -0.2) is 0 Å². The molecule has 7 nitrogen and oxygen atoms in total. The first-order chi connectivity index (χ1) is 11.7. The molecule has 2 heterocycles. The van der Waals surface area contributed by atoms with Gasteiger partial charge >= 0.3 is 5.97 Å². The van der Waals surface area contributed by atoms with Crippen LogP contribution in [0, 0.1) is 0 Å². The number of rotatable bonds is 5. The largest absolute Gasteiger partial charge is 0.469 e. The molecule has 0 saturated carbocycles. The van der Waals surface area contributed by atoms with Gasteiger partial charge in [0.2, 0.25) is 0 Å². The van der Waals surface area contributed by atoms with Gasteiger partial charge in [0.25, 0.3) is 5.91 Å². The number of halogens is 1. The van der Waals surface area contributed by atoms with Crippen LogP contribution in [0.1, 0.15) is 33.7 Å². The summed E-state index contributed by atoms with van der Waals surface area (Å²) in [6.07, 6.45) is 1.80. The Morgan fingerprint density at radius 1 is 1.28 bits per heavy atom. The van der Waals surface area contributed by atoms with Crippen LogP contribution in [0.5, 0.6) is 0 Å². The maximum absolute atomic E-state index is 12.4. The zero-order valence-corrected chi connectivity index (χ0v) is 14.7. The molecular weight excluding hydrogens is 344 g/mol. The molecular formula is C17H21ClN4O3. The summed E-state index contributed by atoms with van der Waals surface area (Å²) in [5, 5.41) is 13.2. The summed E-state index contributed by atoms with van der Waals surface area (Å²) in [6, 6.07) is 7.42. The Morgan fingerprint density at radius 2 is 2.04 bits per heavy atom. The highest BCUT2D eigenvalue weighted by Gasteiger charge is 2.21. The van der Waals surface area contributed by atoms with Crippen molar-refractivity contribution in [1.29, 1.82) is 0 Å². The number of ether oxygens (including phenoxy) is 1. The van der Waals surface area contributed by atoms with Crippen molar-refractivity contribution in [2.24, 2.45) is 0 Å². The topological polar surface area (TPSA) is 96.1 Å². The fourth-order valence-electron chi connectivity index (χ4n) is 2.71. The van der Waals surface area contributed by atoms with E-state index in [9.17, 15) is 9.59 Å². The van der Waals surface area contributed by atoms with Crippen LogP contribution in [0.3, 0.4) is 0 Å². The summed E-state index contributed by atoms with van der Waals surface area (Å²) in [7, 11) is 1.38. The van der Waals surface area contributed by atoms with Gasteiger partial charge in [-0.05, 0) is 24.1 Å². The van der Waals surface area contributed by atoms with Crippen LogP contribution in [0.2, 0.25) is 0 Å². The molecule has 2 aromatic rings. The van der Waals surface area contributed by atoms with Gasteiger partial charge in [-0.2, -0.15) is 5.10 Å². The molecule has 0 bridgehead atoms. The van der Waals surface area contributed by atoms with Crippen molar-refractivity contribution >= 4 is 30.0 Å². The van der Waals surface area contributed by atoms with Gasteiger partial charge in [-0.3, -0.25) is 14.7 Å². The highest BCUT2D eigenvalue weighted by atomic mass is 35.5. The molecule has 8 heteroatoms. The lowest BCUT2D eigenvalue weighted by Crippen LogP contribution is -2.25. The number of nitrogens with zero attached hydrogens (tertiary/aromatic N) is 1. The van der Waals surface area contributed by atoms with E-state index in [1.807, 2.05) is 24.3 Å². The highest BCUT2D eigenvalue weighted by molar-refractivity contribution is 6.04. The molecule has 25 heavy (non-hydrogen) atoms. The first-order valence-corrected chi connectivity index (χ1v) is 7.91. The van der Waals surface area contributed by atoms with E-state index in [0.717, 1.165) is 29.8 Å². The molecule has 0 atom stereocenters. The van der Waals surface area contributed by atoms with Gasteiger partial charge in [-0.1, -0.05) is 12.1 Å². The molecule has 1 aliphatic heterocycles. The fraction of sp³-hybridized carbons (Fsp3) is 0.353. The van der Waals surface area contributed by atoms with Crippen LogP contribution >= 0.6 is 12.4 Å². The molecule has 1 aromatic heterocycles. The van der Waals surface area contributed by atoms with Crippen molar-refractivity contribution in [3.05, 3.63) is 46.8 Å². The van der Waals surface area contributed by atoms with Gasteiger partial charge in [0, 0.05) is 42.9 Å². The molecule has 134 valence electrons. The van der Waals surface area contributed by atoms with Crippen LogP contribution in [0.4, 0.5) is 5.69 Å². The van der Waals surface area contributed by atoms with Crippen LogP contribution in [-0.4, -0.2) is 35.7 Å². The second-order valence-corrected chi connectivity index (χ2v) is 5.68. The number of benzene rings is 1. The van der Waals surface area contributed by atoms with Crippen LogP contribution in [0.15, 0.2) is 24.3 Å². The third kappa shape index (κ3) is 4.58. The second-order valence-electron chi connectivity index (χ2n) is 5.68. The molecule has 3 rings (SSSR count). The van der Waals surface area contributed by atoms with Crippen LogP contribution < -0.4 is 10.6 Å². The maximum Gasteiger partial charge on any atom is 0.305 e. The van der Waals surface area contributed by atoms with E-state index in [1.165, 1.54) is 7.11 Å². The number of fused-ring (bicyclic) bond motifs is 1. The summed E-state index contributed by atoms with van der Waals surface area (Å²) in [4.78, 5) is 23.6. The number of aromatic amines is 1. The van der Waals surface area contributed by atoms with E-state index in [0.29, 0.717) is 30.8 Å². The van der Waals surface area contributed by atoms with Gasteiger partial charge in [-0.15, -0.1) is 12.4 Å². The minimum atomic E-state index is -0.232. The number of H-pyrrole nitrogens is 1. The Bertz CT molecular complexity index is 743. The lowest BCUT2D eigenvalue weighted by atomic mass is 10.1. The first-order valence-electron chi connectivity index (χ1n) is 7.91. The molecule has 0 saturated heterocycles. The minimum absolute atomic E-state index is 0. The standard InChI is InChI=1S/C17H20N4O3.ClH/c1-24-15(22)7-4-11-2-5-12(6-3-11)19-17(23)16-13-10-18-9-8-14(13)20-21-16;/h2-3,5-6,18H,4,7-10H2,1H3,(H,19,23)(H,20,21);1H. The number of esters is 1. The number of nitrogens with one attached hydrogen (secondary N) is 3. The average Bonchev–Trinajstić information content (AvgIpc) is 3.05. The third-order valence-corrected chi connectivity index (χ3v) is 4.08. The summed E-state index contributed by atoms with van der Waals surface area (Å²) in [5.74, 6) is -0.456. The summed E-state index contributed by atoms with van der Waals surface area (Å²) in [5.41, 5.74) is 4.11. The SMILES string of the molecule is COC(=O)CCc1ccc(NC(=O)c2n[nH]c3c2CNCC3)cc1.Cl. The highest BCUT2D eigenvalue weighted by Crippen LogP contribution is 2.17. The van der Waals surface area contributed by atoms with E-state index in [4.69, 9.17) is 0 Å². The summed E-state index contributed by atoms with van der Waals surface area (Å²) in [6.45, 7) is 1.55. The van der Waals surface area contributed by atoms with E-state index < -0.39 is 0 Å². The smallest absolute Gasteiger partial charge is 0.305 e. The molecule has 1 aromatic carbocycles. The fourth-order valence-corrected chi connectivity index (χ4v) is 2.71. The van der Waals surface area contributed by atoms with Crippen LogP contribution in [-0.2, 0) is 28.9 Å². The van der Waals surface area contributed by atoms with Crippen molar-refractivity contribution in [3.8, 4) is 0 Å². The predicted molar refractivity (Wildman–Crippen MR) is 96.0 cm³/mol. The molecule has 0 aliphatic carbocycles. The van der Waals surface area contributed by atoms with Crippen molar-refractivity contribution < 1.29 is 14.3 Å². The minimum Gasteiger partial charge on any atom is -0.469 e. The van der Waals surface area contributed by atoms with Crippen molar-refractivity contribution in [2.75, 3.05) is 19.0 Å². The first kappa shape index (κ1) is 19.0. The van der Waals surface area contributed by atoms with Gasteiger partial charge < -0.3 is 15.4 Å². The van der Waals surface area contributed by atoms with Gasteiger partial charge in [0.1, 0.15) is 0 Å². The summed E-state index contributed by atoms with van der Waals surface area (Å²) >= 11 is 0. The monoisotopic (exact) mass is 364 g/mol. The number of hydrogen-bond acceptors (Lipinski definition) is 5. The van der Waals surface area contributed by atoms with Gasteiger partial charge in [0.05, 0.1) is 7.11 Å². The lowest BCUT2D eigenvalue weighted by molar-refractivity contribution is -0.140. The number of aryl methyl sites for hydroxylation is 1. The number of carbonyl (C=O) groups is 2. The number of aromatic nitrogens is 2. The molecule has 1 aliphatic rings.